The molecular weight excluding hydrogens is 262 g/mol. The number of hydrogen-bond donors (Lipinski definition) is 3. The standard InChI is InChI=1S/C12H11N5O3/c13-12(14)15-11(18)8-5-9(16-3-1-2-4-16)7-10(6-8)17(19)20/h1-7H,(H4,13,14,15,18). The number of non-ortho nitro benzene ring substituents is 1. The molecule has 1 aromatic heterocycles. The normalized spacial score (nSPS) is 10.0. The van der Waals surface area contributed by atoms with Crippen LogP contribution < -0.4 is 11.1 Å². The van der Waals surface area contributed by atoms with E-state index in [1.165, 1.54) is 12.1 Å². The van der Waals surface area contributed by atoms with Gasteiger partial charge in [-0.05, 0) is 18.2 Å². The van der Waals surface area contributed by atoms with Gasteiger partial charge in [0.05, 0.1) is 10.6 Å². The zero-order chi connectivity index (χ0) is 14.7. The molecule has 0 atom stereocenters. The van der Waals surface area contributed by atoms with Gasteiger partial charge in [-0.2, -0.15) is 0 Å². The Bertz CT molecular complexity index is 678. The molecule has 1 amide bonds. The van der Waals surface area contributed by atoms with Gasteiger partial charge in [-0.1, -0.05) is 0 Å². The summed E-state index contributed by atoms with van der Waals surface area (Å²) < 4.78 is 1.64. The van der Waals surface area contributed by atoms with Gasteiger partial charge in [0.2, 0.25) is 0 Å². The van der Waals surface area contributed by atoms with E-state index in [4.69, 9.17) is 11.1 Å². The van der Waals surface area contributed by atoms with Gasteiger partial charge in [0.15, 0.2) is 5.96 Å². The maximum absolute atomic E-state index is 11.8. The molecule has 0 fully saturated rings. The monoisotopic (exact) mass is 273 g/mol. The van der Waals surface area contributed by atoms with Crippen LogP contribution in [0.3, 0.4) is 0 Å². The molecule has 0 aliphatic heterocycles. The molecule has 4 N–H and O–H groups in total. The van der Waals surface area contributed by atoms with E-state index in [9.17, 15) is 14.9 Å². The average molecular weight is 273 g/mol. The Kier molecular flexibility index (Phi) is 3.47. The highest BCUT2D eigenvalue weighted by Gasteiger charge is 2.15. The molecule has 1 heterocycles. The van der Waals surface area contributed by atoms with Gasteiger partial charge in [-0.25, -0.2) is 0 Å². The summed E-state index contributed by atoms with van der Waals surface area (Å²) in [5.41, 5.74) is 5.38. The summed E-state index contributed by atoms with van der Waals surface area (Å²) in [4.78, 5) is 22.1. The number of nitro benzene ring substituents is 1. The van der Waals surface area contributed by atoms with Gasteiger partial charge in [0, 0.05) is 30.1 Å². The minimum Gasteiger partial charge on any atom is -0.370 e. The van der Waals surface area contributed by atoms with Crippen LogP contribution in [0, 0.1) is 15.5 Å². The average Bonchev–Trinajstić information content (AvgIpc) is 2.91. The first-order chi connectivity index (χ1) is 9.47. The summed E-state index contributed by atoms with van der Waals surface area (Å²) in [5, 5.41) is 20.0. The maximum atomic E-state index is 11.8. The van der Waals surface area contributed by atoms with Crippen LogP contribution in [0.2, 0.25) is 0 Å². The van der Waals surface area contributed by atoms with Crippen LogP contribution in [-0.4, -0.2) is 21.4 Å². The molecule has 0 bridgehead atoms. The van der Waals surface area contributed by atoms with Crippen LogP contribution in [0.1, 0.15) is 10.4 Å². The van der Waals surface area contributed by atoms with Gasteiger partial charge in [0.25, 0.3) is 11.6 Å². The summed E-state index contributed by atoms with van der Waals surface area (Å²) in [6.07, 6.45) is 3.40. The molecule has 20 heavy (non-hydrogen) atoms. The SMILES string of the molecule is N=C(N)NC(=O)c1cc(-n2cccc2)cc([N+](=O)[O-])c1. The summed E-state index contributed by atoms with van der Waals surface area (Å²) in [5.74, 6) is -1.20. The van der Waals surface area contributed by atoms with E-state index in [-0.39, 0.29) is 11.3 Å². The highest BCUT2D eigenvalue weighted by atomic mass is 16.6. The zero-order valence-electron chi connectivity index (χ0n) is 10.2. The lowest BCUT2D eigenvalue weighted by molar-refractivity contribution is -0.384. The fraction of sp³-hybridized carbons (Fsp3) is 0. The van der Waals surface area contributed by atoms with Crippen molar-refractivity contribution in [3.63, 3.8) is 0 Å². The second kappa shape index (κ2) is 5.22. The largest absolute Gasteiger partial charge is 0.370 e. The van der Waals surface area contributed by atoms with E-state index in [0.717, 1.165) is 6.07 Å². The number of nitro groups is 1. The molecule has 0 spiro atoms. The van der Waals surface area contributed by atoms with Crippen molar-refractivity contribution >= 4 is 17.6 Å². The van der Waals surface area contributed by atoms with Crippen molar-refractivity contribution < 1.29 is 9.72 Å². The summed E-state index contributed by atoms with van der Waals surface area (Å²) in [6, 6.07) is 7.48. The Morgan fingerprint density at radius 2 is 1.95 bits per heavy atom. The minimum absolute atomic E-state index is 0.0538. The molecule has 0 aliphatic rings. The predicted molar refractivity (Wildman–Crippen MR) is 71.8 cm³/mol. The molecule has 0 saturated carbocycles. The molecule has 1 aromatic carbocycles. The Labute approximate surface area is 113 Å². The molecule has 0 radical (unpaired) electrons. The van der Waals surface area contributed by atoms with Crippen molar-refractivity contribution in [1.29, 1.82) is 5.41 Å². The Balaban J connectivity index is 2.49. The first-order valence-corrected chi connectivity index (χ1v) is 5.55. The second-order valence-electron chi connectivity index (χ2n) is 3.95. The van der Waals surface area contributed by atoms with E-state index in [1.54, 1.807) is 29.1 Å². The molecule has 0 saturated heterocycles. The van der Waals surface area contributed by atoms with Gasteiger partial charge in [-0.3, -0.25) is 25.6 Å². The Hall–Kier alpha value is -3.16. The molecule has 2 aromatic rings. The molecule has 0 unspecified atom stereocenters. The fourth-order valence-electron chi connectivity index (χ4n) is 1.68. The maximum Gasteiger partial charge on any atom is 0.272 e. The van der Waals surface area contributed by atoms with Crippen molar-refractivity contribution in [1.82, 2.24) is 9.88 Å². The Morgan fingerprint density at radius 3 is 2.50 bits per heavy atom. The van der Waals surface area contributed by atoms with Crippen LogP contribution in [-0.2, 0) is 0 Å². The van der Waals surface area contributed by atoms with Crippen LogP contribution >= 0.6 is 0 Å². The lowest BCUT2D eigenvalue weighted by Gasteiger charge is -2.07. The van der Waals surface area contributed by atoms with Gasteiger partial charge >= 0.3 is 0 Å². The molecule has 2 rings (SSSR count). The zero-order valence-corrected chi connectivity index (χ0v) is 10.2. The first-order valence-electron chi connectivity index (χ1n) is 5.55. The van der Waals surface area contributed by atoms with Gasteiger partial charge in [0.1, 0.15) is 0 Å². The number of benzene rings is 1. The van der Waals surface area contributed by atoms with Crippen molar-refractivity contribution in [2.75, 3.05) is 0 Å². The van der Waals surface area contributed by atoms with Crippen LogP contribution in [0.25, 0.3) is 5.69 Å². The van der Waals surface area contributed by atoms with E-state index in [1.807, 2.05) is 0 Å². The lowest BCUT2D eigenvalue weighted by Crippen LogP contribution is -2.35. The predicted octanol–water partition coefficient (Wildman–Crippen LogP) is 1.01. The number of carbonyl (C=O) groups is 1. The number of hydrogen-bond acceptors (Lipinski definition) is 4. The minimum atomic E-state index is -0.672. The number of guanidine groups is 1. The van der Waals surface area contributed by atoms with Gasteiger partial charge < -0.3 is 10.3 Å². The van der Waals surface area contributed by atoms with Crippen LogP contribution in [0.4, 0.5) is 5.69 Å². The second-order valence-corrected chi connectivity index (χ2v) is 3.95. The quantitative estimate of drug-likeness (QED) is 0.333. The summed E-state index contributed by atoms with van der Waals surface area (Å²) >= 11 is 0. The van der Waals surface area contributed by atoms with E-state index in [0.29, 0.717) is 5.69 Å². The number of carbonyl (C=O) groups excluding carboxylic acids is 1. The molecular formula is C12H11N5O3. The highest BCUT2D eigenvalue weighted by molar-refractivity contribution is 6.05. The van der Waals surface area contributed by atoms with Crippen molar-refractivity contribution in [3.8, 4) is 5.69 Å². The fourth-order valence-corrected chi connectivity index (χ4v) is 1.68. The summed E-state index contributed by atoms with van der Waals surface area (Å²) in [7, 11) is 0. The van der Waals surface area contributed by atoms with Crippen molar-refractivity contribution in [2.45, 2.75) is 0 Å². The van der Waals surface area contributed by atoms with E-state index in [2.05, 4.69) is 5.32 Å². The van der Waals surface area contributed by atoms with Crippen molar-refractivity contribution in [2.24, 2.45) is 5.73 Å². The van der Waals surface area contributed by atoms with Crippen molar-refractivity contribution in [3.05, 3.63) is 58.4 Å². The number of nitrogens with zero attached hydrogens (tertiary/aromatic N) is 2. The third kappa shape index (κ3) is 2.80. The Morgan fingerprint density at radius 1 is 1.30 bits per heavy atom. The third-order valence-electron chi connectivity index (χ3n) is 2.53. The lowest BCUT2D eigenvalue weighted by atomic mass is 10.1. The first kappa shape index (κ1) is 13.3. The van der Waals surface area contributed by atoms with Crippen LogP contribution in [0.15, 0.2) is 42.7 Å². The molecule has 8 nitrogen and oxygen atoms in total. The smallest absolute Gasteiger partial charge is 0.272 e. The topological polar surface area (TPSA) is 127 Å². The molecule has 102 valence electrons. The third-order valence-corrected chi connectivity index (χ3v) is 2.53. The van der Waals surface area contributed by atoms with Gasteiger partial charge in [-0.15, -0.1) is 0 Å². The van der Waals surface area contributed by atoms with E-state index < -0.39 is 16.8 Å². The van der Waals surface area contributed by atoms with E-state index >= 15 is 0 Å². The number of rotatable bonds is 3. The van der Waals surface area contributed by atoms with Crippen LogP contribution in [0.5, 0.6) is 0 Å². The highest BCUT2D eigenvalue weighted by Crippen LogP contribution is 2.20. The molecule has 0 aliphatic carbocycles. The number of nitrogens with two attached hydrogens (primary N) is 1. The summed E-state index contributed by atoms with van der Waals surface area (Å²) in [6.45, 7) is 0. The molecule has 8 heteroatoms. The number of nitrogens with one attached hydrogen (secondary N) is 2. The number of aromatic nitrogens is 1. The number of amides is 1.